The van der Waals surface area contributed by atoms with Crippen molar-refractivity contribution < 1.29 is 4.74 Å². The summed E-state index contributed by atoms with van der Waals surface area (Å²) in [5.41, 5.74) is 6.73. The molecule has 2 rings (SSSR count). The topological polar surface area (TPSA) is 35.2 Å². The van der Waals surface area contributed by atoms with E-state index in [0.717, 1.165) is 23.8 Å². The highest BCUT2D eigenvalue weighted by molar-refractivity contribution is 6.32. The van der Waals surface area contributed by atoms with Crippen LogP contribution >= 0.6 is 11.6 Å². The Morgan fingerprint density at radius 2 is 2.12 bits per heavy atom. The molecule has 2 N–H and O–H groups in total. The molecule has 1 aliphatic carbocycles. The van der Waals surface area contributed by atoms with Crippen molar-refractivity contribution in [1.82, 2.24) is 0 Å². The number of hydrogen-bond acceptors (Lipinski definition) is 2. The molecular formula is C13H18ClNO. The fourth-order valence-corrected chi connectivity index (χ4v) is 1.68. The Morgan fingerprint density at radius 1 is 1.44 bits per heavy atom. The molecule has 0 aromatic heterocycles. The van der Waals surface area contributed by atoms with Crippen LogP contribution in [-0.2, 0) is 5.54 Å². The van der Waals surface area contributed by atoms with E-state index < -0.39 is 0 Å². The van der Waals surface area contributed by atoms with Crippen molar-refractivity contribution in [1.29, 1.82) is 0 Å². The molecule has 3 heteroatoms. The first-order chi connectivity index (χ1) is 7.47. The van der Waals surface area contributed by atoms with Gasteiger partial charge in [0.15, 0.2) is 0 Å². The van der Waals surface area contributed by atoms with Crippen LogP contribution in [-0.4, -0.2) is 6.61 Å². The van der Waals surface area contributed by atoms with Crippen LogP contribution in [0.5, 0.6) is 5.75 Å². The lowest BCUT2D eigenvalue weighted by Gasteiger charge is -2.20. The zero-order valence-corrected chi connectivity index (χ0v) is 10.6. The number of ether oxygens (including phenoxy) is 1. The second kappa shape index (κ2) is 4.27. The maximum absolute atomic E-state index is 6.08. The van der Waals surface area contributed by atoms with Crippen LogP contribution < -0.4 is 10.5 Å². The van der Waals surface area contributed by atoms with Crippen molar-refractivity contribution >= 4 is 11.6 Å². The van der Waals surface area contributed by atoms with E-state index in [1.165, 1.54) is 12.8 Å². The molecule has 0 spiro atoms. The molecule has 16 heavy (non-hydrogen) atoms. The van der Waals surface area contributed by atoms with Gasteiger partial charge < -0.3 is 10.5 Å². The molecule has 1 fully saturated rings. The molecule has 0 unspecified atom stereocenters. The number of hydrogen-bond donors (Lipinski definition) is 1. The number of benzene rings is 1. The number of rotatable bonds is 4. The lowest BCUT2D eigenvalue weighted by atomic mass is 9.96. The van der Waals surface area contributed by atoms with E-state index in [1.54, 1.807) is 0 Å². The van der Waals surface area contributed by atoms with Crippen molar-refractivity contribution in [2.45, 2.75) is 32.2 Å². The average Bonchev–Trinajstić information content (AvgIpc) is 2.98. The van der Waals surface area contributed by atoms with Crippen molar-refractivity contribution in [3.63, 3.8) is 0 Å². The molecule has 0 atom stereocenters. The van der Waals surface area contributed by atoms with Gasteiger partial charge in [-0.2, -0.15) is 0 Å². The van der Waals surface area contributed by atoms with Gasteiger partial charge in [-0.05, 0) is 50.3 Å². The van der Waals surface area contributed by atoms with Crippen LogP contribution in [0, 0.1) is 5.92 Å². The SMILES string of the molecule is CC(C)(N)c1ccc(Cl)c(OCC2CC2)c1. The lowest BCUT2D eigenvalue weighted by Crippen LogP contribution is -2.28. The maximum atomic E-state index is 6.08. The van der Waals surface area contributed by atoms with Gasteiger partial charge in [-0.25, -0.2) is 0 Å². The monoisotopic (exact) mass is 239 g/mol. The first-order valence-corrected chi connectivity index (χ1v) is 6.06. The van der Waals surface area contributed by atoms with E-state index in [-0.39, 0.29) is 5.54 Å². The third kappa shape index (κ3) is 2.89. The third-order valence-electron chi connectivity index (χ3n) is 2.85. The Hall–Kier alpha value is -0.730. The van der Waals surface area contributed by atoms with E-state index in [4.69, 9.17) is 22.1 Å². The fourth-order valence-electron chi connectivity index (χ4n) is 1.51. The molecule has 0 bridgehead atoms. The van der Waals surface area contributed by atoms with Crippen LogP contribution in [0.15, 0.2) is 18.2 Å². The molecule has 1 aromatic rings. The van der Waals surface area contributed by atoms with Gasteiger partial charge in [0, 0.05) is 5.54 Å². The Balaban J connectivity index is 2.14. The van der Waals surface area contributed by atoms with E-state index in [0.29, 0.717) is 5.02 Å². The maximum Gasteiger partial charge on any atom is 0.138 e. The van der Waals surface area contributed by atoms with Crippen molar-refractivity contribution in [2.24, 2.45) is 11.7 Å². The summed E-state index contributed by atoms with van der Waals surface area (Å²) < 4.78 is 5.71. The summed E-state index contributed by atoms with van der Waals surface area (Å²) in [6, 6.07) is 5.75. The fraction of sp³-hybridized carbons (Fsp3) is 0.538. The minimum Gasteiger partial charge on any atom is -0.492 e. The summed E-state index contributed by atoms with van der Waals surface area (Å²) in [4.78, 5) is 0. The Kier molecular flexibility index (Phi) is 3.13. The number of nitrogens with two attached hydrogens (primary N) is 1. The number of halogens is 1. The Bertz CT molecular complexity index is 380. The van der Waals surface area contributed by atoms with Gasteiger partial charge in [-0.3, -0.25) is 0 Å². The molecular weight excluding hydrogens is 222 g/mol. The van der Waals surface area contributed by atoms with Crippen LogP contribution in [0.1, 0.15) is 32.3 Å². The predicted octanol–water partition coefficient (Wildman–Crippen LogP) is 3.32. The highest BCUT2D eigenvalue weighted by Crippen LogP contribution is 2.33. The smallest absolute Gasteiger partial charge is 0.138 e. The molecule has 1 saturated carbocycles. The quantitative estimate of drug-likeness (QED) is 0.875. The highest BCUT2D eigenvalue weighted by atomic mass is 35.5. The van der Waals surface area contributed by atoms with Gasteiger partial charge in [-0.1, -0.05) is 17.7 Å². The molecule has 88 valence electrons. The second-order valence-corrected chi connectivity index (χ2v) is 5.53. The van der Waals surface area contributed by atoms with Gasteiger partial charge >= 0.3 is 0 Å². The molecule has 0 saturated heterocycles. The van der Waals surface area contributed by atoms with Crippen LogP contribution in [0.4, 0.5) is 0 Å². The van der Waals surface area contributed by atoms with Gasteiger partial charge in [0.1, 0.15) is 5.75 Å². The van der Waals surface area contributed by atoms with E-state index in [2.05, 4.69) is 0 Å². The summed E-state index contributed by atoms with van der Waals surface area (Å²) in [5, 5.41) is 0.661. The zero-order chi connectivity index (χ0) is 11.8. The van der Waals surface area contributed by atoms with Crippen LogP contribution in [0.25, 0.3) is 0 Å². The summed E-state index contributed by atoms with van der Waals surface area (Å²) in [7, 11) is 0. The van der Waals surface area contributed by atoms with E-state index in [1.807, 2.05) is 32.0 Å². The second-order valence-electron chi connectivity index (χ2n) is 5.12. The normalized spacial score (nSPS) is 16.2. The Morgan fingerprint density at radius 3 is 2.69 bits per heavy atom. The summed E-state index contributed by atoms with van der Waals surface area (Å²) in [5.74, 6) is 1.48. The van der Waals surface area contributed by atoms with Gasteiger partial charge in [-0.15, -0.1) is 0 Å². The minimum atomic E-state index is -0.359. The highest BCUT2D eigenvalue weighted by Gasteiger charge is 2.23. The molecule has 0 heterocycles. The molecule has 0 aliphatic heterocycles. The molecule has 0 radical (unpaired) electrons. The first kappa shape index (κ1) is 11.7. The molecule has 0 amide bonds. The largest absolute Gasteiger partial charge is 0.492 e. The first-order valence-electron chi connectivity index (χ1n) is 5.68. The summed E-state index contributed by atoms with van der Waals surface area (Å²) in [6.45, 7) is 4.72. The predicted molar refractivity (Wildman–Crippen MR) is 66.9 cm³/mol. The van der Waals surface area contributed by atoms with Crippen molar-refractivity contribution in [3.8, 4) is 5.75 Å². The van der Waals surface area contributed by atoms with Crippen molar-refractivity contribution in [2.75, 3.05) is 6.61 Å². The Labute approximate surface area is 102 Å². The van der Waals surface area contributed by atoms with Gasteiger partial charge in [0.05, 0.1) is 11.6 Å². The third-order valence-corrected chi connectivity index (χ3v) is 3.16. The van der Waals surface area contributed by atoms with E-state index in [9.17, 15) is 0 Å². The standard InChI is InChI=1S/C13H18ClNO/c1-13(2,15)10-5-6-11(14)12(7-10)16-8-9-3-4-9/h5-7,9H,3-4,8,15H2,1-2H3. The minimum absolute atomic E-state index is 0.359. The van der Waals surface area contributed by atoms with E-state index >= 15 is 0 Å². The average molecular weight is 240 g/mol. The lowest BCUT2D eigenvalue weighted by molar-refractivity contribution is 0.299. The van der Waals surface area contributed by atoms with Crippen LogP contribution in [0.3, 0.4) is 0 Å². The van der Waals surface area contributed by atoms with Crippen LogP contribution in [0.2, 0.25) is 5.02 Å². The van der Waals surface area contributed by atoms with Gasteiger partial charge in [0.25, 0.3) is 0 Å². The zero-order valence-electron chi connectivity index (χ0n) is 9.79. The summed E-state index contributed by atoms with van der Waals surface area (Å²) >= 11 is 6.08. The molecule has 1 aliphatic rings. The molecule has 2 nitrogen and oxygen atoms in total. The molecule has 1 aromatic carbocycles. The summed E-state index contributed by atoms with van der Waals surface area (Å²) in [6.07, 6.45) is 2.55. The van der Waals surface area contributed by atoms with Gasteiger partial charge in [0.2, 0.25) is 0 Å². The van der Waals surface area contributed by atoms with Crippen molar-refractivity contribution in [3.05, 3.63) is 28.8 Å².